The number of carbonyl (C=O) groups is 1. The molecule has 0 heterocycles. The third-order valence-electron chi connectivity index (χ3n) is 2.70. The molecule has 1 aromatic rings. The fourth-order valence-corrected chi connectivity index (χ4v) is 2.75. The van der Waals surface area contributed by atoms with Crippen LogP contribution >= 0.6 is 0 Å². The monoisotopic (exact) mass is 270 g/mol. The van der Waals surface area contributed by atoms with Crippen molar-refractivity contribution in [2.75, 3.05) is 11.5 Å². The van der Waals surface area contributed by atoms with Crippen molar-refractivity contribution in [1.82, 2.24) is 0 Å². The van der Waals surface area contributed by atoms with Crippen molar-refractivity contribution in [2.45, 2.75) is 32.6 Å². The minimum Gasteiger partial charge on any atom is -0.294 e. The first-order valence-electron chi connectivity index (χ1n) is 6.27. The number of hydrogen-bond donors (Lipinski definition) is 0. The summed E-state index contributed by atoms with van der Waals surface area (Å²) < 4.78 is 24.3. The molecule has 0 spiro atoms. The molecule has 1 unspecified atom stereocenters. The third kappa shape index (κ3) is 5.54. The number of halogens is 1. The van der Waals surface area contributed by atoms with Gasteiger partial charge in [0.15, 0.2) is 5.78 Å². The van der Waals surface area contributed by atoms with Gasteiger partial charge < -0.3 is 0 Å². The molecular formula is C14H19FO2S. The van der Waals surface area contributed by atoms with E-state index in [0.29, 0.717) is 17.1 Å². The summed E-state index contributed by atoms with van der Waals surface area (Å²) in [6.45, 7) is 2.10. The Labute approximate surface area is 110 Å². The highest BCUT2D eigenvalue weighted by molar-refractivity contribution is 7.84. The van der Waals surface area contributed by atoms with Crippen molar-refractivity contribution < 1.29 is 13.4 Å². The van der Waals surface area contributed by atoms with Crippen LogP contribution < -0.4 is 0 Å². The predicted octanol–water partition coefficient (Wildman–Crippen LogP) is 3.34. The Kier molecular flexibility index (Phi) is 6.80. The van der Waals surface area contributed by atoms with Crippen LogP contribution in [0.5, 0.6) is 0 Å². The van der Waals surface area contributed by atoms with Gasteiger partial charge in [-0.05, 0) is 30.7 Å². The van der Waals surface area contributed by atoms with E-state index in [1.165, 1.54) is 24.3 Å². The summed E-state index contributed by atoms with van der Waals surface area (Å²) in [6, 6.07) is 5.48. The van der Waals surface area contributed by atoms with E-state index in [4.69, 9.17) is 0 Å². The van der Waals surface area contributed by atoms with E-state index in [1.807, 2.05) is 0 Å². The maximum atomic E-state index is 12.7. The van der Waals surface area contributed by atoms with Gasteiger partial charge in [0, 0.05) is 34.3 Å². The minimum atomic E-state index is -0.915. The normalized spacial score (nSPS) is 12.3. The van der Waals surface area contributed by atoms with Crippen LogP contribution in [0, 0.1) is 5.82 Å². The van der Waals surface area contributed by atoms with Gasteiger partial charge in [-0.3, -0.25) is 9.00 Å². The molecule has 1 atom stereocenters. The van der Waals surface area contributed by atoms with Crippen LogP contribution in [0.15, 0.2) is 24.3 Å². The van der Waals surface area contributed by atoms with Crippen LogP contribution in [0.3, 0.4) is 0 Å². The quantitative estimate of drug-likeness (QED) is 0.536. The summed E-state index contributed by atoms with van der Waals surface area (Å²) >= 11 is 0. The Bertz CT molecular complexity index is 401. The molecule has 100 valence electrons. The van der Waals surface area contributed by atoms with Crippen LogP contribution in [0.4, 0.5) is 4.39 Å². The fourth-order valence-electron chi connectivity index (χ4n) is 1.60. The van der Waals surface area contributed by atoms with Crippen molar-refractivity contribution in [3.8, 4) is 0 Å². The van der Waals surface area contributed by atoms with Crippen molar-refractivity contribution in [1.29, 1.82) is 0 Å². The van der Waals surface area contributed by atoms with Gasteiger partial charge >= 0.3 is 0 Å². The lowest BCUT2D eigenvalue weighted by Crippen LogP contribution is -2.08. The Hall–Kier alpha value is -1.03. The molecule has 0 bridgehead atoms. The van der Waals surface area contributed by atoms with Gasteiger partial charge in [-0.25, -0.2) is 4.39 Å². The van der Waals surface area contributed by atoms with Gasteiger partial charge in [-0.15, -0.1) is 0 Å². The average Bonchev–Trinajstić information content (AvgIpc) is 2.37. The third-order valence-corrected chi connectivity index (χ3v) is 4.10. The van der Waals surface area contributed by atoms with E-state index in [2.05, 4.69) is 6.92 Å². The van der Waals surface area contributed by atoms with Crippen molar-refractivity contribution in [3.05, 3.63) is 35.6 Å². The molecule has 4 heteroatoms. The molecule has 0 aliphatic rings. The zero-order chi connectivity index (χ0) is 13.4. The Morgan fingerprint density at radius 1 is 1.17 bits per heavy atom. The largest absolute Gasteiger partial charge is 0.294 e. The number of rotatable bonds is 8. The molecule has 0 aliphatic heterocycles. The molecule has 0 aliphatic carbocycles. The SMILES string of the molecule is CCCCCS(=O)CCC(=O)c1ccc(F)cc1. The maximum absolute atomic E-state index is 12.7. The topological polar surface area (TPSA) is 34.1 Å². The summed E-state index contributed by atoms with van der Waals surface area (Å²) in [5.41, 5.74) is 0.488. The summed E-state index contributed by atoms with van der Waals surface area (Å²) in [5.74, 6) is 0.651. The van der Waals surface area contributed by atoms with E-state index in [9.17, 15) is 13.4 Å². The maximum Gasteiger partial charge on any atom is 0.163 e. The van der Waals surface area contributed by atoms with Crippen LogP contribution in [0.2, 0.25) is 0 Å². The molecule has 0 fully saturated rings. The lowest BCUT2D eigenvalue weighted by atomic mass is 10.1. The second-order valence-electron chi connectivity index (χ2n) is 4.24. The molecule has 0 N–H and O–H groups in total. The first kappa shape index (κ1) is 15.0. The lowest BCUT2D eigenvalue weighted by Gasteiger charge is -2.02. The second-order valence-corrected chi connectivity index (χ2v) is 5.93. The van der Waals surface area contributed by atoms with Crippen molar-refractivity contribution in [3.63, 3.8) is 0 Å². The van der Waals surface area contributed by atoms with Gasteiger partial charge in [0.2, 0.25) is 0 Å². The molecule has 0 radical (unpaired) electrons. The molecule has 1 aromatic carbocycles. The zero-order valence-corrected chi connectivity index (χ0v) is 11.5. The van der Waals surface area contributed by atoms with Crippen LogP contribution in [0.1, 0.15) is 43.0 Å². The van der Waals surface area contributed by atoms with Gasteiger partial charge in [0.1, 0.15) is 5.82 Å². The van der Waals surface area contributed by atoms with E-state index in [1.54, 1.807) is 0 Å². The summed E-state index contributed by atoms with van der Waals surface area (Å²) in [5, 5.41) is 0. The Morgan fingerprint density at radius 3 is 2.44 bits per heavy atom. The molecule has 0 saturated heterocycles. The summed E-state index contributed by atoms with van der Waals surface area (Å²) in [6.07, 6.45) is 3.40. The fraction of sp³-hybridized carbons (Fsp3) is 0.500. The first-order chi connectivity index (χ1) is 8.63. The van der Waals surface area contributed by atoms with Gasteiger partial charge in [0.05, 0.1) is 0 Å². The molecule has 1 rings (SSSR count). The number of ketones is 1. The average molecular weight is 270 g/mol. The highest BCUT2D eigenvalue weighted by Crippen LogP contribution is 2.07. The molecule has 0 saturated carbocycles. The van der Waals surface area contributed by atoms with E-state index < -0.39 is 10.8 Å². The predicted molar refractivity (Wildman–Crippen MR) is 72.7 cm³/mol. The molecule has 2 nitrogen and oxygen atoms in total. The lowest BCUT2D eigenvalue weighted by molar-refractivity contribution is 0.0989. The van der Waals surface area contributed by atoms with E-state index >= 15 is 0 Å². The second kappa shape index (κ2) is 8.14. The van der Waals surface area contributed by atoms with E-state index in [-0.39, 0.29) is 18.0 Å². The Balaban J connectivity index is 2.32. The number of carbonyl (C=O) groups excluding carboxylic acids is 1. The highest BCUT2D eigenvalue weighted by Gasteiger charge is 2.08. The minimum absolute atomic E-state index is 0.0705. The Morgan fingerprint density at radius 2 is 1.83 bits per heavy atom. The number of benzene rings is 1. The molecular weight excluding hydrogens is 251 g/mol. The standard InChI is InChI=1S/C14H19FO2S/c1-2-3-4-10-18(17)11-9-14(16)12-5-7-13(15)8-6-12/h5-8H,2-4,9-11H2,1H3. The van der Waals surface area contributed by atoms with E-state index in [0.717, 1.165) is 19.3 Å². The molecule has 0 aromatic heterocycles. The van der Waals surface area contributed by atoms with Crippen LogP contribution in [-0.4, -0.2) is 21.5 Å². The van der Waals surface area contributed by atoms with Crippen LogP contribution in [-0.2, 0) is 10.8 Å². The molecule has 18 heavy (non-hydrogen) atoms. The van der Waals surface area contributed by atoms with Crippen LogP contribution in [0.25, 0.3) is 0 Å². The number of hydrogen-bond acceptors (Lipinski definition) is 2. The van der Waals surface area contributed by atoms with Crippen molar-refractivity contribution >= 4 is 16.6 Å². The van der Waals surface area contributed by atoms with Gasteiger partial charge in [-0.2, -0.15) is 0 Å². The zero-order valence-electron chi connectivity index (χ0n) is 10.7. The summed E-state index contributed by atoms with van der Waals surface area (Å²) in [4.78, 5) is 11.7. The smallest absolute Gasteiger partial charge is 0.163 e. The molecule has 0 amide bonds. The number of unbranched alkanes of at least 4 members (excludes halogenated alkanes) is 2. The number of Topliss-reactive ketones (excluding diaryl/α,β-unsaturated/α-hetero) is 1. The van der Waals surface area contributed by atoms with Gasteiger partial charge in [-0.1, -0.05) is 19.8 Å². The highest BCUT2D eigenvalue weighted by atomic mass is 32.2. The summed E-state index contributed by atoms with van der Waals surface area (Å²) in [7, 11) is -0.915. The van der Waals surface area contributed by atoms with Gasteiger partial charge in [0.25, 0.3) is 0 Å². The van der Waals surface area contributed by atoms with Crippen molar-refractivity contribution in [2.24, 2.45) is 0 Å². The first-order valence-corrected chi connectivity index (χ1v) is 7.76.